The summed E-state index contributed by atoms with van der Waals surface area (Å²) in [6.45, 7) is 6.16. The van der Waals surface area contributed by atoms with Crippen LogP contribution in [0.15, 0.2) is 0 Å². The Kier molecular flexibility index (Phi) is 2.17. The van der Waals surface area contributed by atoms with Crippen LogP contribution in [0.4, 0.5) is 0 Å². The standard InChI is InChI=1S/C9H14Br2O2/c1-7(2)6-4-5-9(10,11)8(3,12-6)13-7/h6H,4-5H2,1-3H3/t6-,8-/m1/s1. The average molecular weight is 314 g/mol. The van der Waals surface area contributed by atoms with Crippen molar-refractivity contribution in [1.29, 1.82) is 0 Å². The third-order valence-corrected chi connectivity index (χ3v) is 5.22. The molecule has 0 spiro atoms. The Hall–Kier alpha value is 0.880. The van der Waals surface area contributed by atoms with Crippen molar-refractivity contribution in [3.63, 3.8) is 0 Å². The van der Waals surface area contributed by atoms with Crippen molar-refractivity contribution in [3.05, 3.63) is 0 Å². The van der Waals surface area contributed by atoms with Crippen LogP contribution in [0.3, 0.4) is 0 Å². The summed E-state index contributed by atoms with van der Waals surface area (Å²) in [6, 6.07) is 0. The first-order valence-electron chi connectivity index (χ1n) is 4.53. The molecule has 2 aliphatic rings. The van der Waals surface area contributed by atoms with Crippen LogP contribution in [0.5, 0.6) is 0 Å². The predicted octanol–water partition coefficient (Wildman–Crippen LogP) is 3.18. The summed E-state index contributed by atoms with van der Waals surface area (Å²) in [7, 11) is 0. The molecule has 0 aromatic rings. The third kappa shape index (κ3) is 1.41. The van der Waals surface area contributed by atoms with Crippen molar-refractivity contribution in [2.24, 2.45) is 0 Å². The highest BCUT2D eigenvalue weighted by Gasteiger charge is 2.62. The molecule has 2 rings (SSSR count). The van der Waals surface area contributed by atoms with E-state index < -0.39 is 5.79 Å². The highest BCUT2D eigenvalue weighted by Crippen LogP contribution is 2.56. The summed E-state index contributed by atoms with van der Waals surface area (Å²) < 4.78 is 11.6. The quantitative estimate of drug-likeness (QED) is 0.640. The maximum atomic E-state index is 5.96. The molecule has 2 atom stereocenters. The fourth-order valence-electron chi connectivity index (χ4n) is 2.11. The van der Waals surface area contributed by atoms with E-state index in [9.17, 15) is 0 Å². The Morgan fingerprint density at radius 3 is 2.38 bits per heavy atom. The van der Waals surface area contributed by atoms with Gasteiger partial charge in [0.25, 0.3) is 0 Å². The van der Waals surface area contributed by atoms with Crippen LogP contribution in [-0.4, -0.2) is 20.7 Å². The Morgan fingerprint density at radius 2 is 1.85 bits per heavy atom. The minimum absolute atomic E-state index is 0.169. The number of fused-ring (bicyclic) bond motifs is 2. The van der Waals surface area contributed by atoms with Crippen LogP contribution in [0.1, 0.15) is 33.6 Å². The molecule has 76 valence electrons. The topological polar surface area (TPSA) is 18.5 Å². The Labute approximate surface area is 95.6 Å². The molecule has 0 aromatic carbocycles. The summed E-state index contributed by atoms with van der Waals surface area (Å²) in [5, 5.41) is 0. The maximum absolute atomic E-state index is 5.96. The summed E-state index contributed by atoms with van der Waals surface area (Å²) in [5.74, 6) is -0.542. The molecule has 2 saturated heterocycles. The largest absolute Gasteiger partial charge is 0.342 e. The van der Waals surface area contributed by atoms with E-state index in [4.69, 9.17) is 9.47 Å². The molecule has 0 radical (unpaired) electrons. The summed E-state index contributed by atoms with van der Waals surface area (Å²) >= 11 is 7.24. The van der Waals surface area contributed by atoms with Crippen molar-refractivity contribution in [3.8, 4) is 0 Å². The van der Waals surface area contributed by atoms with Gasteiger partial charge in [-0.3, -0.25) is 0 Å². The van der Waals surface area contributed by atoms with E-state index in [0.29, 0.717) is 0 Å². The van der Waals surface area contributed by atoms with E-state index in [0.717, 1.165) is 12.8 Å². The highest BCUT2D eigenvalue weighted by molar-refractivity contribution is 9.25. The number of rotatable bonds is 0. The van der Waals surface area contributed by atoms with E-state index in [-0.39, 0.29) is 14.9 Å². The number of ether oxygens (including phenoxy) is 2. The van der Waals surface area contributed by atoms with Crippen LogP contribution in [0, 0.1) is 0 Å². The number of hydrogen-bond donors (Lipinski definition) is 0. The molecule has 0 aliphatic carbocycles. The first-order valence-corrected chi connectivity index (χ1v) is 6.11. The molecule has 2 heterocycles. The van der Waals surface area contributed by atoms with Gasteiger partial charge in [0, 0.05) is 0 Å². The Morgan fingerprint density at radius 1 is 1.23 bits per heavy atom. The zero-order valence-electron chi connectivity index (χ0n) is 8.06. The van der Waals surface area contributed by atoms with E-state index in [2.05, 4.69) is 45.7 Å². The zero-order valence-corrected chi connectivity index (χ0v) is 11.2. The molecule has 13 heavy (non-hydrogen) atoms. The molecular weight excluding hydrogens is 300 g/mol. The SMILES string of the molecule is CC1(C)O[C@@]2(C)O[C@@H]1CCC2(Br)Br. The van der Waals surface area contributed by atoms with Gasteiger partial charge in [-0.1, -0.05) is 31.9 Å². The second kappa shape index (κ2) is 2.71. The van der Waals surface area contributed by atoms with Crippen molar-refractivity contribution < 1.29 is 9.47 Å². The lowest BCUT2D eigenvalue weighted by Crippen LogP contribution is -2.47. The number of alkyl halides is 2. The molecule has 4 heteroatoms. The fraction of sp³-hybridized carbons (Fsp3) is 1.00. The molecule has 2 nitrogen and oxygen atoms in total. The first kappa shape index (κ1) is 10.4. The van der Waals surface area contributed by atoms with E-state index in [1.165, 1.54) is 0 Å². The van der Waals surface area contributed by atoms with Gasteiger partial charge < -0.3 is 9.47 Å². The molecule has 0 saturated carbocycles. The molecular formula is C9H14Br2O2. The second-order valence-corrected chi connectivity index (χ2v) is 8.27. The normalized spacial score (nSPS) is 46.4. The maximum Gasteiger partial charge on any atom is 0.191 e. The smallest absolute Gasteiger partial charge is 0.191 e. The molecule has 2 aliphatic heterocycles. The highest BCUT2D eigenvalue weighted by atomic mass is 79.9. The van der Waals surface area contributed by atoms with Gasteiger partial charge in [0.05, 0.1) is 11.7 Å². The number of halogens is 2. The van der Waals surface area contributed by atoms with Gasteiger partial charge in [0.15, 0.2) is 5.79 Å². The van der Waals surface area contributed by atoms with Gasteiger partial charge in [-0.05, 0) is 33.6 Å². The van der Waals surface area contributed by atoms with E-state index in [1.807, 2.05) is 6.92 Å². The van der Waals surface area contributed by atoms with Crippen LogP contribution in [0.2, 0.25) is 0 Å². The number of hydrogen-bond acceptors (Lipinski definition) is 2. The first-order chi connectivity index (χ1) is 5.77. The molecule has 0 amide bonds. The monoisotopic (exact) mass is 312 g/mol. The molecule has 2 fully saturated rings. The van der Waals surface area contributed by atoms with Gasteiger partial charge in [-0.2, -0.15) is 0 Å². The molecule has 0 aromatic heterocycles. The van der Waals surface area contributed by atoms with Crippen LogP contribution in [-0.2, 0) is 9.47 Å². The summed E-state index contributed by atoms with van der Waals surface area (Å²) in [4.78, 5) is 0. The van der Waals surface area contributed by atoms with Crippen molar-refractivity contribution in [2.75, 3.05) is 0 Å². The van der Waals surface area contributed by atoms with E-state index >= 15 is 0 Å². The lowest BCUT2D eigenvalue weighted by molar-refractivity contribution is -0.185. The fourth-order valence-corrected chi connectivity index (χ4v) is 2.92. The lowest BCUT2D eigenvalue weighted by Gasteiger charge is -2.39. The molecule has 0 N–H and O–H groups in total. The van der Waals surface area contributed by atoms with Gasteiger partial charge >= 0.3 is 0 Å². The summed E-state index contributed by atoms with van der Waals surface area (Å²) in [5.41, 5.74) is -0.169. The van der Waals surface area contributed by atoms with Gasteiger partial charge in [-0.25, -0.2) is 0 Å². The van der Waals surface area contributed by atoms with Crippen molar-refractivity contribution in [1.82, 2.24) is 0 Å². The van der Waals surface area contributed by atoms with Gasteiger partial charge in [-0.15, -0.1) is 0 Å². The zero-order chi connectivity index (χ0) is 9.91. The minimum atomic E-state index is -0.542. The lowest BCUT2D eigenvalue weighted by atomic mass is 9.96. The average Bonchev–Trinajstić information content (AvgIpc) is 2.14. The van der Waals surface area contributed by atoms with Crippen molar-refractivity contribution >= 4 is 31.9 Å². The second-order valence-electron chi connectivity index (χ2n) is 4.50. The third-order valence-electron chi connectivity index (χ3n) is 2.99. The van der Waals surface area contributed by atoms with Crippen molar-refractivity contribution in [2.45, 2.75) is 54.3 Å². The Bertz CT molecular complexity index is 240. The van der Waals surface area contributed by atoms with Gasteiger partial charge in [0.2, 0.25) is 0 Å². The van der Waals surface area contributed by atoms with Crippen LogP contribution < -0.4 is 0 Å². The predicted molar refractivity (Wildman–Crippen MR) is 58.3 cm³/mol. The molecule has 2 bridgehead atoms. The van der Waals surface area contributed by atoms with E-state index in [1.54, 1.807) is 0 Å². The summed E-state index contributed by atoms with van der Waals surface area (Å²) in [6.07, 6.45) is 2.28. The van der Waals surface area contributed by atoms with Gasteiger partial charge in [0.1, 0.15) is 3.23 Å². The molecule has 0 unspecified atom stereocenters. The van der Waals surface area contributed by atoms with Crippen LogP contribution in [0.25, 0.3) is 0 Å². The van der Waals surface area contributed by atoms with Crippen LogP contribution >= 0.6 is 31.9 Å². The Balaban J connectivity index is 2.34. The minimum Gasteiger partial charge on any atom is -0.342 e.